The number of alkyl carbamates (subject to hydrolysis) is 1. The van der Waals surface area contributed by atoms with Crippen molar-refractivity contribution in [3.63, 3.8) is 0 Å². The fraction of sp³-hybridized carbons (Fsp3) is 0.545. The zero-order valence-electron chi connectivity index (χ0n) is 9.81. The van der Waals surface area contributed by atoms with Gasteiger partial charge in [0.25, 0.3) is 0 Å². The van der Waals surface area contributed by atoms with E-state index in [-0.39, 0.29) is 19.0 Å². The number of carbonyl (C=O) groups excluding carboxylic acids is 3. The maximum atomic E-state index is 11.0. The SMILES string of the molecule is CCCCNC(=O)OCCOC(C=O)=CC=O. The Kier molecular flexibility index (Phi) is 9.50. The third-order valence-electron chi connectivity index (χ3n) is 1.73. The average Bonchev–Trinajstić information content (AvgIpc) is 2.33. The highest BCUT2D eigenvalue weighted by Crippen LogP contribution is 1.91. The molecule has 6 nitrogen and oxygen atoms in total. The highest BCUT2D eigenvalue weighted by Gasteiger charge is 2.01. The maximum Gasteiger partial charge on any atom is 0.407 e. The van der Waals surface area contributed by atoms with Crippen molar-refractivity contribution in [2.24, 2.45) is 0 Å². The van der Waals surface area contributed by atoms with Gasteiger partial charge in [-0.05, 0) is 6.42 Å². The maximum absolute atomic E-state index is 11.0. The number of nitrogens with one attached hydrogen (secondary N) is 1. The van der Waals surface area contributed by atoms with Crippen LogP contribution in [0, 0.1) is 0 Å². The highest BCUT2D eigenvalue weighted by atomic mass is 16.6. The molecular weight excluding hydrogens is 226 g/mol. The molecule has 6 heteroatoms. The van der Waals surface area contributed by atoms with Crippen LogP contribution in [0.5, 0.6) is 0 Å². The van der Waals surface area contributed by atoms with Gasteiger partial charge in [-0.2, -0.15) is 0 Å². The number of rotatable bonds is 9. The minimum absolute atomic E-state index is 0.0159. The number of carbonyl (C=O) groups is 3. The van der Waals surface area contributed by atoms with E-state index in [1.54, 1.807) is 0 Å². The first-order valence-electron chi connectivity index (χ1n) is 5.38. The van der Waals surface area contributed by atoms with Crippen molar-refractivity contribution in [3.8, 4) is 0 Å². The van der Waals surface area contributed by atoms with Gasteiger partial charge in [0.2, 0.25) is 0 Å². The fourth-order valence-corrected chi connectivity index (χ4v) is 0.901. The zero-order valence-corrected chi connectivity index (χ0v) is 9.81. The van der Waals surface area contributed by atoms with Crippen LogP contribution in [0.3, 0.4) is 0 Å². The molecule has 0 heterocycles. The van der Waals surface area contributed by atoms with Crippen LogP contribution in [-0.2, 0) is 19.1 Å². The Hall–Kier alpha value is -1.85. The van der Waals surface area contributed by atoms with Crippen molar-refractivity contribution in [3.05, 3.63) is 11.8 Å². The molecule has 0 aromatic carbocycles. The number of amides is 1. The fourth-order valence-electron chi connectivity index (χ4n) is 0.901. The van der Waals surface area contributed by atoms with E-state index in [0.717, 1.165) is 18.9 Å². The number of unbranched alkanes of at least 4 members (excludes halogenated alkanes) is 1. The molecule has 17 heavy (non-hydrogen) atoms. The predicted octanol–water partition coefficient (Wildman–Crippen LogP) is 0.811. The Labute approximate surface area is 100.0 Å². The lowest BCUT2D eigenvalue weighted by Crippen LogP contribution is -2.26. The molecule has 0 bridgehead atoms. The molecule has 0 unspecified atom stereocenters. The molecule has 0 aromatic rings. The van der Waals surface area contributed by atoms with Crippen LogP contribution in [0.15, 0.2) is 11.8 Å². The smallest absolute Gasteiger partial charge is 0.407 e. The Morgan fingerprint density at radius 1 is 1.24 bits per heavy atom. The van der Waals surface area contributed by atoms with Gasteiger partial charge in [0, 0.05) is 12.6 Å². The van der Waals surface area contributed by atoms with Crippen LogP contribution >= 0.6 is 0 Å². The Morgan fingerprint density at radius 2 is 1.94 bits per heavy atom. The Bertz CT molecular complexity index is 275. The molecule has 0 aliphatic carbocycles. The van der Waals surface area contributed by atoms with E-state index < -0.39 is 6.09 Å². The molecule has 0 aromatic heterocycles. The number of hydrogen-bond donors (Lipinski definition) is 1. The lowest BCUT2D eigenvalue weighted by molar-refractivity contribution is -0.109. The summed E-state index contributed by atoms with van der Waals surface area (Å²) in [5.74, 6) is -0.0880. The first kappa shape index (κ1) is 15.2. The van der Waals surface area contributed by atoms with Crippen molar-refractivity contribution < 1.29 is 23.9 Å². The van der Waals surface area contributed by atoms with Crippen molar-refractivity contribution in [2.45, 2.75) is 19.8 Å². The summed E-state index contributed by atoms with van der Waals surface area (Å²) in [5, 5.41) is 2.55. The molecule has 0 saturated heterocycles. The summed E-state index contributed by atoms with van der Waals surface area (Å²) < 4.78 is 9.62. The normalized spacial score (nSPS) is 10.5. The molecular formula is C11H17NO5. The van der Waals surface area contributed by atoms with E-state index in [1.165, 1.54) is 0 Å². The van der Waals surface area contributed by atoms with E-state index >= 15 is 0 Å². The molecule has 0 atom stereocenters. The second-order valence-corrected chi connectivity index (χ2v) is 3.09. The van der Waals surface area contributed by atoms with Crippen LogP contribution in [0.2, 0.25) is 0 Å². The lowest BCUT2D eigenvalue weighted by Gasteiger charge is -2.07. The van der Waals surface area contributed by atoms with Crippen LogP contribution in [-0.4, -0.2) is 38.4 Å². The summed E-state index contributed by atoms with van der Waals surface area (Å²) in [6, 6.07) is 0. The predicted molar refractivity (Wildman–Crippen MR) is 60.4 cm³/mol. The van der Waals surface area contributed by atoms with Gasteiger partial charge in [0.1, 0.15) is 19.5 Å². The van der Waals surface area contributed by atoms with Crippen LogP contribution in [0.4, 0.5) is 4.79 Å². The first-order valence-corrected chi connectivity index (χ1v) is 5.38. The van der Waals surface area contributed by atoms with E-state index in [0.29, 0.717) is 19.1 Å². The molecule has 0 fully saturated rings. The molecule has 0 aliphatic rings. The molecule has 0 saturated carbocycles. The van der Waals surface area contributed by atoms with Crippen LogP contribution < -0.4 is 5.32 Å². The quantitative estimate of drug-likeness (QED) is 0.280. The molecule has 0 spiro atoms. The number of hydrogen-bond acceptors (Lipinski definition) is 5. The Balaban J connectivity index is 3.56. The second-order valence-electron chi connectivity index (χ2n) is 3.09. The van der Waals surface area contributed by atoms with Crippen molar-refractivity contribution in [1.82, 2.24) is 5.32 Å². The van der Waals surface area contributed by atoms with Gasteiger partial charge in [0.05, 0.1) is 0 Å². The van der Waals surface area contributed by atoms with Crippen molar-refractivity contribution in [1.29, 1.82) is 0 Å². The van der Waals surface area contributed by atoms with E-state index in [2.05, 4.69) is 5.32 Å². The van der Waals surface area contributed by atoms with Gasteiger partial charge in [-0.25, -0.2) is 4.79 Å². The summed E-state index contributed by atoms with van der Waals surface area (Å²) in [7, 11) is 0. The topological polar surface area (TPSA) is 81.7 Å². The van der Waals surface area contributed by atoms with Gasteiger partial charge in [-0.15, -0.1) is 0 Å². The van der Waals surface area contributed by atoms with Crippen LogP contribution in [0.25, 0.3) is 0 Å². The third kappa shape index (κ3) is 9.10. The molecule has 1 amide bonds. The van der Waals surface area contributed by atoms with Gasteiger partial charge >= 0.3 is 6.09 Å². The zero-order chi connectivity index (χ0) is 12.9. The summed E-state index contributed by atoms with van der Waals surface area (Å²) in [5.41, 5.74) is 0. The molecule has 0 rings (SSSR count). The minimum Gasteiger partial charge on any atom is -0.486 e. The van der Waals surface area contributed by atoms with Gasteiger partial charge in [-0.3, -0.25) is 9.59 Å². The van der Waals surface area contributed by atoms with Crippen molar-refractivity contribution >= 4 is 18.7 Å². The minimum atomic E-state index is -0.519. The van der Waals surface area contributed by atoms with E-state index in [4.69, 9.17) is 9.47 Å². The summed E-state index contributed by atoms with van der Waals surface area (Å²) in [4.78, 5) is 31.4. The van der Waals surface area contributed by atoms with E-state index in [1.807, 2.05) is 6.92 Å². The molecule has 96 valence electrons. The van der Waals surface area contributed by atoms with Crippen LogP contribution in [0.1, 0.15) is 19.8 Å². The van der Waals surface area contributed by atoms with Gasteiger partial charge in [-0.1, -0.05) is 13.3 Å². The number of allylic oxidation sites excluding steroid dienone is 2. The third-order valence-corrected chi connectivity index (χ3v) is 1.73. The Morgan fingerprint density at radius 3 is 2.53 bits per heavy atom. The average molecular weight is 243 g/mol. The first-order chi connectivity index (χ1) is 8.24. The molecule has 0 aliphatic heterocycles. The van der Waals surface area contributed by atoms with E-state index in [9.17, 15) is 14.4 Å². The van der Waals surface area contributed by atoms with Gasteiger partial charge in [0.15, 0.2) is 12.0 Å². The summed E-state index contributed by atoms with van der Waals surface area (Å²) in [6.07, 6.45) is 3.21. The molecule has 0 radical (unpaired) electrons. The standard InChI is InChI=1S/C11H17NO5/c1-2-3-5-12-11(15)17-8-7-16-10(9-14)4-6-13/h4,6,9H,2-3,5,7-8H2,1H3,(H,12,15). The summed E-state index contributed by atoms with van der Waals surface area (Å²) >= 11 is 0. The second kappa shape index (κ2) is 10.7. The molecule has 1 N–H and O–H groups in total. The van der Waals surface area contributed by atoms with Gasteiger partial charge < -0.3 is 14.8 Å². The lowest BCUT2D eigenvalue weighted by atomic mass is 10.3. The number of aldehydes is 2. The monoisotopic (exact) mass is 243 g/mol. The van der Waals surface area contributed by atoms with Crippen molar-refractivity contribution in [2.75, 3.05) is 19.8 Å². The largest absolute Gasteiger partial charge is 0.486 e. The number of ether oxygens (including phenoxy) is 2. The highest BCUT2D eigenvalue weighted by molar-refractivity contribution is 5.79. The summed E-state index contributed by atoms with van der Waals surface area (Å²) in [6.45, 7) is 2.63.